The van der Waals surface area contributed by atoms with Gasteiger partial charge < -0.3 is 24.8 Å². The Morgan fingerprint density at radius 3 is 2.66 bits per heavy atom. The van der Waals surface area contributed by atoms with E-state index in [2.05, 4.69) is 36.2 Å². The van der Waals surface area contributed by atoms with Crippen molar-refractivity contribution in [3.05, 3.63) is 36.9 Å². The van der Waals surface area contributed by atoms with Crippen molar-refractivity contribution in [2.24, 2.45) is 0 Å². The second-order valence-electron chi connectivity index (χ2n) is 9.06. The fourth-order valence-electron chi connectivity index (χ4n) is 5.03. The molecule has 1 saturated carbocycles. The zero-order chi connectivity index (χ0) is 23.6. The largest absolute Gasteiger partial charge is 0.423 e. The quantitative estimate of drug-likeness (QED) is 0.534. The number of aromatic nitrogens is 7. The Balaban J connectivity index is 1.08. The SMILES string of the molecule is O=C(NC1CCCCC1)N[C@H]1CO[C@H]2[C@@H]1OC[C@@H]2n1nnnc1Oc1ccc(-n2cncn2)cc1. The van der Waals surface area contributed by atoms with Crippen molar-refractivity contribution in [1.29, 1.82) is 0 Å². The summed E-state index contributed by atoms with van der Waals surface area (Å²) in [5, 5.41) is 22.2. The Hall–Kier alpha value is -3.58. The summed E-state index contributed by atoms with van der Waals surface area (Å²) in [7, 11) is 0. The first kappa shape index (κ1) is 21.9. The smallest absolute Gasteiger partial charge is 0.341 e. The van der Waals surface area contributed by atoms with Crippen LogP contribution in [0.1, 0.15) is 38.1 Å². The first-order valence-corrected chi connectivity index (χ1v) is 12.0. The number of carbonyl (C=O) groups excluding carboxylic acids is 1. The lowest BCUT2D eigenvalue weighted by atomic mass is 9.96. The van der Waals surface area contributed by atoms with Crippen molar-refractivity contribution in [1.82, 2.24) is 45.6 Å². The number of rotatable bonds is 6. The molecule has 2 saturated heterocycles. The van der Waals surface area contributed by atoms with Gasteiger partial charge in [-0.25, -0.2) is 14.5 Å². The van der Waals surface area contributed by atoms with Crippen LogP contribution in [0.2, 0.25) is 0 Å². The molecule has 0 spiro atoms. The number of nitrogens with one attached hydrogen (secondary N) is 2. The van der Waals surface area contributed by atoms with Gasteiger partial charge in [-0.15, -0.1) is 0 Å². The molecule has 13 nitrogen and oxygen atoms in total. The van der Waals surface area contributed by atoms with Crippen LogP contribution in [0.15, 0.2) is 36.9 Å². The van der Waals surface area contributed by atoms with Crippen LogP contribution >= 0.6 is 0 Å². The van der Waals surface area contributed by atoms with Crippen LogP contribution in [0, 0.1) is 0 Å². The molecular formula is C22H27N9O4. The minimum absolute atomic E-state index is 0.168. The van der Waals surface area contributed by atoms with Gasteiger partial charge in [0.2, 0.25) is 0 Å². The highest BCUT2D eigenvalue weighted by Crippen LogP contribution is 2.36. The molecule has 0 bridgehead atoms. The van der Waals surface area contributed by atoms with E-state index in [1.807, 2.05) is 12.1 Å². The molecule has 3 aromatic rings. The van der Waals surface area contributed by atoms with Crippen molar-refractivity contribution >= 4 is 6.03 Å². The summed E-state index contributed by atoms with van der Waals surface area (Å²) in [5.41, 5.74) is 0.854. The van der Waals surface area contributed by atoms with Crippen LogP contribution in [0.5, 0.6) is 11.8 Å². The molecule has 2 N–H and O–H groups in total. The minimum Gasteiger partial charge on any atom is -0.423 e. The Morgan fingerprint density at radius 2 is 1.86 bits per heavy atom. The number of benzene rings is 1. The van der Waals surface area contributed by atoms with E-state index in [9.17, 15) is 4.79 Å². The third kappa shape index (κ3) is 4.56. The van der Waals surface area contributed by atoms with Gasteiger partial charge in [-0.3, -0.25) is 0 Å². The Labute approximate surface area is 201 Å². The van der Waals surface area contributed by atoms with E-state index in [4.69, 9.17) is 14.2 Å². The van der Waals surface area contributed by atoms with E-state index in [1.54, 1.807) is 27.8 Å². The summed E-state index contributed by atoms with van der Waals surface area (Å²) in [6.45, 7) is 0.719. The molecule has 13 heteroatoms. The predicted molar refractivity (Wildman–Crippen MR) is 120 cm³/mol. The average molecular weight is 482 g/mol. The van der Waals surface area contributed by atoms with Gasteiger partial charge in [-0.05, 0) is 47.5 Å². The molecule has 2 aromatic heterocycles. The van der Waals surface area contributed by atoms with Gasteiger partial charge in [0.25, 0.3) is 0 Å². The third-order valence-electron chi connectivity index (χ3n) is 6.79. The van der Waals surface area contributed by atoms with E-state index in [-0.39, 0.29) is 42.4 Å². The second-order valence-corrected chi connectivity index (χ2v) is 9.06. The van der Waals surface area contributed by atoms with E-state index in [0.717, 1.165) is 31.4 Å². The lowest BCUT2D eigenvalue weighted by Crippen LogP contribution is -2.50. The Kier molecular flexibility index (Phi) is 6.00. The molecule has 4 heterocycles. The molecule has 35 heavy (non-hydrogen) atoms. The number of fused-ring (bicyclic) bond motifs is 1. The first-order valence-electron chi connectivity index (χ1n) is 12.0. The van der Waals surface area contributed by atoms with Crippen LogP contribution in [-0.4, -0.2) is 78.5 Å². The third-order valence-corrected chi connectivity index (χ3v) is 6.79. The van der Waals surface area contributed by atoms with E-state index in [0.29, 0.717) is 19.0 Å². The van der Waals surface area contributed by atoms with Crippen LogP contribution < -0.4 is 15.4 Å². The molecule has 184 valence electrons. The molecule has 4 atom stereocenters. The zero-order valence-corrected chi connectivity index (χ0v) is 19.1. The average Bonchev–Trinajstić information content (AvgIpc) is 3.67. The predicted octanol–water partition coefficient (Wildman–Crippen LogP) is 1.39. The lowest BCUT2D eigenvalue weighted by molar-refractivity contribution is 0.0613. The van der Waals surface area contributed by atoms with Gasteiger partial charge >= 0.3 is 12.0 Å². The van der Waals surface area contributed by atoms with E-state index < -0.39 is 0 Å². The molecule has 3 aliphatic rings. The van der Waals surface area contributed by atoms with Gasteiger partial charge in [0.05, 0.1) is 24.9 Å². The highest BCUT2D eigenvalue weighted by molar-refractivity contribution is 5.74. The van der Waals surface area contributed by atoms with Crippen molar-refractivity contribution < 1.29 is 19.0 Å². The molecule has 1 aromatic carbocycles. The standard InChI is InChI=1S/C22H27N9O4/c32-21(25-14-4-2-1-3-5-14)26-17-10-33-20-18(11-34-19(17)20)31-22(27-28-29-31)35-16-8-6-15(7-9-16)30-13-23-12-24-30/h6-9,12-14,17-20H,1-5,10-11H2,(H2,25,26,32)/t17-,18-,19+,20+/m0/s1. The van der Waals surface area contributed by atoms with Gasteiger partial charge in [0.15, 0.2) is 0 Å². The first-order chi connectivity index (χ1) is 17.2. The lowest BCUT2D eigenvalue weighted by Gasteiger charge is -2.24. The number of nitrogens with zero attached hydrogens (tertiary/aromatic N) is 7. The number of tetrazole rings is 1. The van der Waals surface area contributed by atoms with Crippen molar-refractivity contribution in [3.63, 3.8) is 0 Å². The molecule has 0 unspecified atom stereocenters. The Bertz CT molecular complexity index is 1130. The maximum Gasteiger partial charge on any atom is 0.341 e. The van der Waals surface area contributed by atoms with Gasteiger partial charge in [-0.2, -0.15) is 9.78 Å². The van der Waals surface area contributed by atoms with Crippen molar-refractivity contribution in [2.45, 2.75) is 62.4 Å². The molecule has 0 radical (unpaired) electrons. The summed E-state index contributed by atoms with van der Waals surface area (Å²) in [4.78, 5) is 16.5. The fourth-order valence-corrected chi connectivity index (χ4v) is 5.03. The molecule has 6 rings (SSSR count). The minimum atomic E-state index is -0.296. The molecule has 1 aliphatic carbocycles. The Morgan fingerprint density at radius 1 is 1.03 bits per heavy atom. The number of hydrogen-bond donors (Lipinski definition) is 2. The normalized spacial score (nSPS) is 26.4. The summed E-state index contributed by atoms with van der Waals surface area (Å²) < 4.78 is 21.2. The maximum absolute atomic E-state index is 12.5. The number of urea groups is 1. The van der Waals surface area contributed by atoms with Crippen LogP contribution in [0.4, 0.5) is 4.79 Å². The summed E-state index contributed by atoms with van der Waals surface area (Å²) in [5.74, 6) is 0.576. The van der Waals surface area contributed by atoms with E-state index >= 15 is 0 Å². The highest BCUT2D eigenvalue weighted by atomic mass is 16.6. The summed E-state index contributed by atoms with van der Waals surface area (Å²) in [6.07, 6.45) is 8.15. The van der Waals surface area contributed by atoms with Crippen LogP contribution in [-0.2, 0) is 9.47 Å². The van der Waals surface area contributed by atoms with Crippen LogP contribution in [0.3, 0.4) is 0 Å². The van der Waals surface area contributed by atoms with Crippen molar-refractivity contribution in [2.75, 3.05) is 13.2 Å². The van der Waals surface area contributed by atoms with Gasteiger partial charge in [0.1, 0.15) is 36.7 Å². The molecule has 2 amide bonds. The topological polar surface area (TPSA) is 143 Å². The fraction of sp³-hybridized carbons (Fsp3) is 0.545. The highest BCUT2D eigenvalue weighted by Gasteiger charge is 2.50. The van der Waals surface area contributed by atoms with Crippen LogP contribution in [0.25, 0.3) is 5.69 Å². The molecule has 2 aliphatic heterocycles. The molecular weight excluding hydrogens is 454 g/mol. The van der Waals surface area contributed by atoms with Gasteiger partial charge in [0, 0.05) is 6.04 Å². The van der Waals surface area contributed by atoms with Gasteiger partial charge in [-0.1, -0.05) is 24.4 Å². The molecule has 3 fully saturated rings. The summed E-state index contributed by atoms with van der Waals surface area (Å²) >= 11 is 0. The second kappa shape index (κ2) is 9.58. The maximum atomic E-state index is 12.5. The number of amides is 2. The number of hydrogen-bond acceptors (Lipinski definition) is 9. The monoisotopic (exact) mass is 481 g/mol. The van der Waals surface area contributed by atoms with E-state index in [1.165, 1.54) is 12.7 Å². The number of carbonyl (C=O) groups is 1. The zero-order valence-electron chi connectivity index (χ0n) is 19.1. The van der Waals surface area contributed by atoms with Crippen molar-refractivity contribution in [3.8, 4) is 17.4 Å². The number of ether oxygens (including phenoxy) is 3. The summed E-state index contributed by atoms with van der Waals surface area (Å²) in [6, 6.07) is 7.14.